The average Bonchev–Trinajstić information content (AvgIpc) is 2.36. The number of nitrogens with two attached hydrogens (primary N) is 1. The first-order chi connectivity index (χ1) is 8.58. The highest BCUT2D eigenvalue weighted by Crippen LogP contribution is 2.21. The first-order valence-corrected chi connectivity index (χ1v) is 5.29. The Morgan fingerprint density at radius 1 is 1.67 bits per heavy atom. The SMILES string of the molecule is COCC(C)CNc1nc(NN)ncc1[N+](=O)[O-]. The van der Waals surface area contributed by atoms with E-state index < -0.39 is 4.92 Å². The van der Waals surface area contributed by atoms with Crippen LogP contribution in [0, 0.1) is 16.0 Å². The van der Waals surface area contributed by atoms with Gasteiger partial charge in [0.15, 0.2) is 0 Å². The van der Waals surface area contributed by atoms with Gasteiger partial charge in [-0.15, -0.1) is 0 Å². The van der Waals surface area contributed by atoms with Gasteiger partial charge in [-0.25, -0.2) is 10.8 Å². The lowest BCUT2D eigenvalue weighted by atomic mass is 10.2. The molecule has 0 aliphatic rings. The van der Waals surface area contributed by atoms with E-state index in [9.17, 15) is 10.1 Å². The molecule has 1 atom stereocenters. The zero-order chi connectivity index (χ0) is 13.5. The minimum absolute atomic E-state index is 0.113. The number of ether oxygens (including phenoxy) is 1. The van der Waals surface area contributed by atoms with Crippen molar-refractivity contribution in [2.45, 2.75) is 6.92 Å². The molecule has 18 heavy (non-hydrogen) atoms. The van der Waals surface area contributed by atoms with E-state index in [-0.39, 0.29) is 23.4 Å². The third kappa shape index (κ3) is 3.79. The molecule has 1 heterocycles. The quantitative estimate of drug-likeness (QED) is 0.362. The number of nitro groups is 1. The molecule has 4 N–H and O–H groups in total. The molecule has 100 valence electrons. The number of nitrogen functional groups attached to an aromatic ring is 1. The van der Waals surface area contributed by atoms with E-state index in [2.05, 4.69) is 20.7 Å². The van der Waals surface area contributed by atoms with E-state index >= 15 is 0 Å². The highest BCUT2D eigenvalue weighted by molar-refractivity contribution is 5.56. The van der Waals surface area contributed by atoms with Crippen LogP contribution in [0.2, 0.25) is 0 Å². The number of nitrogens with one attached hydrogen (secondary N) is 2. The predicted octanol–water partition coefficient (Wildman–Crippen LogP) is 0.365. The first-order valence-electron chi connectivity index (χ1n) is 5.29. The Kier molecular flexibility index (Phi) is 5.21. The summed E-state index contributed by atoms with van der Waals surface area (Å²) in [7, 11) is 1.60. The average molecular weight is 256 g/mol. The van der Waals surface area contributed by atoms with Crippen molar-refractivity contribution >= 4 is 17.5 Å². The van der Waals surface area contributed by atoms with E-state index in [0.717, 1.165) is 6.20 Å². The summed E-state index contributed by atoms with van der Waals surface area (Å²) in [5.74, 6) is 5.59. The zero-order valence-electron chi connectivity index (χ0n) is 10.2. The van der Waals surface area contributed by atoms with Crippen LogP contribution in [0.5, 0.6) is 0 Å². The molecule has 9 nitrogen and oxygen atoms in total. The van der Waals surface area contributed by atoms with Gasteiger partial charge in [0.1, 0.15) is 6.20 Å². The van der Waals surface area contributed by atoms with Crippen LogP contribution in [-0.2, 0) is 4.74 Å². The molecular formula is C9H16N6O3. The van der Waals surface area contributed by atoms with E-state index in [4.69, 9.17) is 10.6 Å². The highest BCUT2D eigenvalue weighted by Gasteiger charge is 2.17. The van der Waals surface area contributed by atoms with Crippen LogP contribution in [0.1, 0.15) is 6.92 Å². The molecule has 0 radical (unpaired) electrons. The summed E-state index contributed by atoms with van der Waals surface area (Å²) >= 11 is 0. The Hall–Kier alpha value is -2.00. The number of hydrogen-bond donors (Lipinski definition) is 3. The van der Waals surface area contributed by atoms with Crippen molar-refractivity contribution in [2.75, 3.05) is 31.0 Å². The van der Waals surface area contributed by atoms with Crippen molar-refractivity contribution in [3.05, 3.63) is 16.3 Å². The summed E-state index contributed by atoms with van der Waals surface area (Å²) in [5.41, 5.74) is 2.04. The minimum atomic E-state index is -0.552. The standard InChI is InChI=1S/C9H16N6O3/c1-6(5-18-2)3-11-8-7(15(16)17)4-12-9(13-8)14-10/h4,6H,3,5,10H2,1-2H3,(H2,11,12,13,14). The number of methoxy groups -OCH3 is 1. The molecule has 0 aliphatic carbocycles. The molecule has 1 unspecified atom stereocenters. The maximum absolute atomic E-state index is 10.8. The van der Waals surface area contributed by atoms with Crippen LogP contribution in [0.15, 0.2) is 6.20 Å². The van der Waals surface area contributed by atoms with Gasteiger partial charge in [-0.05, 0) is 5.92 Å². The molecule has 0 aromatic carbocycles. The van der Waals surface area contributed by atoms with Crippen molar-refractivity contribution < 1.29 is 9.66 Å². The van der Waals surface area contributed by atoms with Crippen molar-refractivity contribution in [1.82, 2.24) is 9.97 Å². The van der Waals surface area contributed by atoms with Gasteiger partial charge in [0.25, 0.3) is 0 Å². The van der Waals surface area contributed by atoms with Gasteiger partial charge in [0.05, 0.1) is 11.5 Å². The van der Waals surface area contributed by atoms with Crippen molar-refractivity contribution in [1.29, 1.82) is 0 Å². The van der Waals surface area contributed by atoms with E-state index in [1.54, 1.807) is 7.11 Å². The summed E-state index contributed by atoms with van der Waals surface area (Å²) in [6, 6.07) is 0. The lowest BCUT2D eigenvalue weighted by molar-refractivity contribution is -0.384. The molecule has 1 rings (SSSR count). The first kappa shape index (κ1) is 14.1. The molecule has 1 aromatic rings. The van der Waals surface area contributed by atoms with Crippen LogP contribution in [0.25, 0.3) is 0 Å². The van der Waals surface area contributed by atoms with Gasteiger partial charge in [0, 0.05) is 13.7 Å². The summed E-state index contributed by atoms with van der Waals surface area (Å²) in [6.07, 6.45) is 1.10. The molecule has 0 saturated heterocycles. The Labute approximate surface area is 104 Å². The van der Waals surface area contributed by atoms with Gasteiger partial charge in [-0.3, -0.25) is 15.5 Å². The van der Waals surface area contributed by atoms with Crippen LogP contribution in [0.3, 0.4) is 0 Å². The van der Waals surface area contributed by atoms with Crippen molar-refractivity contribution in [2.24, 2.45) is 11.8 Å². The smallest absolute Gasteiger partial charge is 0.329 e. The van der Waals surface area contributed by atoms with E-state index in [1.165, 1.54) is 0 Å². The van der Waals surface area contributed by atoms with Crippen molar-refractivity contribution in [3.8, 4) is 0 Å². The van der Waals surface area contributed by atoms with Crippen LogP contribution in [0.4, 0.5) is 17.5 Å². The van der Waals surface area contributed by atoms with Crippen LogP contribution >= 0.6 is 0 Å². The number of hydrogen-bond acceptors (Lipinski definition) is 8. The third-order valence-corrected chi connectivity index (χ3v) is 2.16. The van der Waals surface area contributed by atoms with Gasteiger partial charge >= 0.3 is 5.69 Å². The van der Waals surface area contributed by atoms with Crippen LogP contribution < -0.4 is 16.6 Å². The van der Waals surface area contributed by atoms with E-state index in [0.29, 0.717) is 13.2 Å². The maximum atomic E-state index is 10.8. The molecule has 0 saturated carbocycles. The lowest BCUT2D eigenvalue weighted by Gasteiger charge is -2.12. The topological polar surface area (TPSA) is 128 Å². The number of rotatable bonds is 7. The molecule has 0 aliphatic heterocycles. The summed E-state index contributed by atoms with van der Waals surface area (Å²) in [4.78, 5) is 17.8. The third-order valence-electron chi connectivity index (χ3n) is 2.16. The fourth-order valence-electron chi connectivity index (χ4n) is 1.32. The van der Waals surface area contributed by atoms with Crippen LogP contribution in [-0.4, -0.2) is 35.2 Å². The summed E-state index contributed by atoms with van der Waals surface area (Å²) < 4.78 is 4.98. The minimum Gasteiger partial charge on any atom is -0.384 e. The largest absolute Gasteiger partial charge is 0.384 e. The summed E-state index contributed by atoms with van der Waals surface area (Å²) in [5, 5.41) is 13.7. The van der Waals surface area contributed by atoms with Gasteiger partial charge in [-0.1, -0.05) is 6.92 Å². The molecule has 0 spiro atoms. The summed E-state index contributed by atoms with van der Waals surface area (Å²) in [6.45, 7) is 3.00. The van der Waals surface area contributed by atoms with Crippen molar-refractivity contribution in [3.63, 3.8) is 0 Å². The zero-order valence-corrected chi connectivity index (χ0v) is 10.2. The van der Waals surface area contributed by atoms with Gasteiger partial charge in [0.2, 0.25) is 11.8 Å². The molecule has 0 bridgehead atoms. The normalized spacial score (nSPS) is 11.9. The molecule has 0 fully saturated rings. The number of aromatic nitrogens is 2. The van der Waals surface area contributed by atoms with E-state index in [1.807, 2.05) is 6.92 Å². The Morgan fingerprint density at radius 3 is 2.94 bits per heavy atom. The second kappa shape index (κ2) is 6.67. The molecule has 9 heteroatoms. The number of hydrazine groups is 1. The second-order valence-corrected chi connectivity index (χ2v) is 3.77. The Bertz CT molecular complexity index is 413. The molecule has 1 aromatic heterocycles. The van der Waals surface area contributed by atoms with Gasteiger partial charge in [-0.2, -0.15) is 4.98 Å². The number of anilines is 2. The predicted molar refractivity (Wildman–Crippen MR) is 66.0 cm³/mol. The monoisotopic (exact) mass is 256 g/mol. The fraction of sp³-hybridized carbons (Fsp3) is 0.556. The Balaban J connectivity index is 2.80. The Morgan fingerprint density at radius 2 is 2.39 bits per heavy atom. The molecule has 0 amide bonds. The second-order valence-electron chi connectivity index (χ2n) is 3.77. The fourth-order valence-corrected chi connectivity index (χ4v) is 1.32. The number of nitrogens with zero attached hydrogens (tertiary/aromatic N) is 3. The molecular weight excluding hydrogens is 240 g/mol. The van der Waals surface area contributed by atoms with Gasteiger partial charge < -0.3 is 10.1 Å². The highest BCUT2D eigenvalue weighted by atomic mass is 16.6. The lowest BCUT2D eigenvalue weighted by Crippen LogP contribution is -2.18. The maximum Gasteiger partial charge on any atom is 0.329 e.